The Morgan fingerprint density at radius 3 is 2.38 bits per heavy atom. The summed E-state index contributed by atoms with van der Waals surface area (Å²) in [6, 6.07) is 3.73. The normalized spacial score (nSPS) is 11.8. The van der Waals surface area contributed by atoms with Crippen molar-refractivity contribution in [3.8, 4) is 0 Å². The molecule has 0 heterocycles. The van der Waals surface area contributed by atoms with Gasteiger partial charge in [-0.2, -0.15) is 0 Å². The standard InChI is InChI=1S/C16H28N2O2S/c1-5-6-7-8-9-18-21(19,20)16-11-15(12-17-4)13(2)10-14(16)3/h10-11,17-18H,5-9,12H2,1-4H3. The fourth-order valence-corrected chi connectivity index (χ4v) is 3.73. The highest BCUT2D eigenvalue weighted by Gasteiger charge is 2.17. The van der Waals surface area contributed by atoms with E-state index in [-0.39, 0.29) is 0 Å². The molecule has 1 rings (SSSR count). The second kappa shape index (κ2) is 8.51. The molecule has 0 aliphatic carbocycles. The molecule has 21 heavy (non-hydrogen) atoms. The number of nitrogens with one attached hydrogen (secondary N) is 2. The van der Waals surface area contributed by atoms with E-state index in [1.165, 1.54) is 0 Å². The van der Waals surface area contributed by atoms with Crippen LogP contribution in [0.15, 0.2) is 17.0 Å². The monoisotopic (exact) mass is 312 g/mol. The van der Waals surface area contributed by atoms with Crippen LogP contribution in [0.2, 0.25) is 0 Å². The summed E-state index contributed by atoms with van der Waals surface area (Å²) >= 11 is 0. The van der Waals surface area contributed by atoms with Gasteiger partial charge in [0.2, 0.25) is 10.0 Å². The third-order valence-electron chi connectivity index (χ3n) is 3.61. The maximum Gasteiger partial charge on any atom is 0.240 e. The number of rotatable bonds is 9. The van der Waals surface area contributed by atoms with E-state index in [1.54, 1.807) is 6.07 Å². The van der Waals surface area contributed by atoms with E-state index in [0.29, 0.717) is 18.0 Å². The zero-order chi connectivity index (χ0) is 15.9. The molecule has 0 unspecified atom stereocenters. The van der Waals surface area contributed by atoms with E-state index in [0.717, 1.165) is 42.4 Å². The second-order valence-electron chi connectivity index (χ2n) is 5.53. The molecular formula is C16H28N2O2S. The van der Waals surface area contributed by atoms with Crippen molar-refractivity contribution in [1.29, 1.82) is 0 Å². The fourth-order valence-electron chi connectivity index (χ4n) is 2.38. The van der Waals surface area contributed by atoms with Crippen LogP contribution < -0.4 is 10.0 Å². The summed E-state index contributed by atoms with van der Waals surface area (Å²) in [5.74, 6) is 0. The highest BCUT2D eigenvalue weighted by molar-refractivity contribution is 7.89. The van der Waals surface area contributed by atoms with Crippen molar-refractivity contribution in [1.82, 2.24) is 10.0 Å². The van der Waals surface area contributed by atoms with Crippen LogP contribution in [-0.2, 0) is 16.6 Å². The van der Waals surface area contributed by atoms with Gasteiger partial charge in [0.25, 0.3) is 0 Å². The summed E-state index contributed by atoms with van der Waals surface area (Å²) in [6.07, 6.45) is 4.26. The summed E-state index contributed by atoms with van der Waals surface area (Å²) in [7, 11) is -1.55. The number of aryl methyl sites for hydroxylation is 2. The molecule has 120 valence electrons. The molecule has 0 aromatic heterocycles. The third kappa shape index (κ3) is 5.41. The molecule has 0 radical (unpaired) electrons. The Balaban J connectivity index is 2.84. The van der Waals surface area contributed by atoms with E-state index in [4.69, 9.17) is 0 Å². The van der Waals surface area contributed by atoms with Gasteiger partial charge in [0, 0.05) is 13.1 Å². The first-order valence-corrected chi connectivity index (χ1v) is 9.15. The smallest absolute Gasteiger partial charge is 0.240 e. The Morgan fingerprint density at radius 2 is 1.76 bits per heavy atom. The quantitative estimate of drug-likeness (QED) is 0.689. The average Bonchev–Trinajstić information content (AvgIpc) is 2.41. The number of sulfonamides is 1. The maximum absolute atomic E-state index is 12.4. The fraction of sp³-hybridized carbons (Fsp3) is 0.625. The van der Waals surface area contributed by atoms with E-state index in [9.17, 15) is 8.42 Å². The van der Waals surface area contributed by atoms with Crippen molar-refractivity contribution < 1.29 is 8.42 Å². The number of hydrogen-bond donors (Lipinski definition) is 2. The lowest BCUT2D eigenvalue weighted by Crippen LogP contribution is -2.26. The van der Waals surface area contributed by atoms with Crippen LogP contribution in [0.25, 0.3) is 0 Å². The highest BCUT2D eigenvalue weighted by Crippen LogP contribution is 2.20. The minimum absolute atomic E-state index is 0.397. The summed E-state index contributed by atoms with van der Waals surface area (Å²) in [4.78, 5) is 0.397. The first kappa shape index (κ1) is 18.1. The molecule has 4 nitrogen and oxygen atoms in total. The summed E-state index contributed by atoms with van der Waals surface area (Å²) in [6.45, 7) is 7.18. The minimum Gasteiger partial charge on any atom is -0.316 e. The van der Waals surface area contributed by atoms with Gasteiger partial charge in [-0.3, -0.25) is 0 Å². The Bertz CT molecular complexity index is 554. The van der Waals surface area contributed by atoms with Gasteiger partial charge >= 0.3 is 0 Å². The number of hydrogen-bond acceptors (Lipinski definition) is 3. The van der Waals surface area contributed by atoms with Gasteiger partial charge in [-0.15, -0.1) is 0 Å². The molecule has 5 heteroatoms. The first-order chi connectivity index (χ1) is 9.92. The molecule has 0 amide bonds. The van der Waals surface area contributed by atoms with Crippen LogP contribution in [0, 0.1) is 13.8 Å². The van der Waals surface area contributed by atoms with Crippen molar-refractivity contribution in [2.45, 2.75) is 57.9 Å². The molecule has 0 atom stereocenters. The van der Waals surface area contributed by atoms with Crippen LogP contribution in [-0.4, -0.2) is 22.0 Å². The molecule has 1 aromatic carbocycles. The van der Waals surface area contributed by atoms with E-state index < -0.39 is 10.0 Å². The first-order valence-electron chi connectivity index (χ1n) is 7.66. The van der Waals surface area contributed by atoms with Crippen LogP contribution >= 0.6 is 0 Å². The van der Waals surface area contributed by atoms with Crippen molar-refractivity contribution in [3.63, 3.8) is 0 Å². The van der Waals surface area contributed by atoms with Crippen molar-refractivity contribution in [3.05, 3.63) is 28.8 Å². The molecule has 1 aromatic rings. The van der Waals surface area contributed by atoms with Gasteiger partial charge < -0.3 is 5.32 Å². The average molecular weight is 312 g/mol. The van der Waals surface area contributed by atoms with Crippen LogP contribution in [0.5, 0.6) is 0 Å². The van der Waals surface area contributed by atoms with Crippen LogP contribution in [0.4, 0.5) is 0 Å². The highest BCUT2D eigenvalue weighted by atomic mass is 32.2. The Labute approximate surface area is 129 Å². The summed E-state index contributed by atoms with van der Waals surface area (Å²) < 4.78 is 27.6. The molecule has 0 aliphatic heterocycles. The SMILES string of the molecule is CCCCCCNS(=O)(=O)c1cc(CNC)c(C)cc1C. The van der Waals surface area contributed by atoms with Gasteiger partial charge in [-0.05, 0) is 50.1 Å². The van der Waals surface area contributed by atoms with Gasteiger partial charge in [0.1, 0.15) is 0 Å². The van der Waals surface area contributed by atoms with Crippen molar-refractivity contribution >= 4 is 10.0 Å². The topological polar surface area (TPSA) is 58.2 Å². The second-order valence-corrected chi connectivity index (χ2v) is 7.27. The Hall–Kier alpha value is -0.910. The summed E-state index contributed by atoms with van der Waals surface area (Å²) in [5.41, 5.74) is 2.94. The molecule has 0 spiro atoms. The third-order valence-corrected chi connectivity index (χ3v) is 5.22. The zero-order valence-corrected chi connectivity index (χ0v) is 14.4. The number of benzene rings is 1. The lowest BCUT2D eigenvalue weighted by atomic mass is 10.1. The lowest BCUT2D eigenvalue weighted by Gasteiger charge is -2.13. The molecule has 0 saturated heterocycles. The predicted molar refractivity (Wildman–Crippen MR) is 88.0 cm³/mol. The largest absolute Gasteiger partial charge is 0.316 e. The Morgan fingerprint density at radius 1 is 1.05 bits per heavy atom. The summed E-state index contributed by atoms with van der Waals surface area (Å²) in [5, 5.41) is 3.07. The van der Waals surface area contributed by atoms with Gasteiger partial charge in [0.05, 0.1) is 4.90 Å². The molecule has 0 saturated carbocycles. The Kier molecular flexibility index (Phi) is 7.35. The molecule has 0 fully saturated rings. The van der Waals surface area contributed by atoms with E-state index >= 15 is 0 Å². The molecule has 0 bridgehead atoms. The van der Waals surface area contributed by atoms with Gasteiger partial charge in [-0.25, -0.2) is 13.1 Å². The van der Waals surface area contributed by atoms with Gasteiger partial charge in [0.15, 0.2) is 0 Å². The van der Waals surface area contributed by atoms with Gasteiger partial charge in [-0.1, -0.05) is 32.3 Å². The minimum atomic E-state index is -3.41. The van der Waals surface area contributed by atoms with E-state index in [2.05, 4.69) is 17.0 Å². The zero-order valence-electron chi connectivity index (χ0n) is 13.6. The van der Waals surface area contributed by atoms with Crippen molar-refractivity contribution in [2.24, 2.45) is 0 Å². The van der Waals surface area contributed by atoms with Crippen molar-refractivity contribution in [2.75, 3.05) is 13.6 Å². The van der Waals surface area contributed by atoms with Crippen LogP contribution in [0.3, 0.4) is 0 Å². The molecule has 0 aliphatic rings. The predicted octanol–water partition coefficient (Wildman–Crippen LogP) is 2.88. The molecule has 2 N–H and O–H groups in total. The molecular weight excluding hydrogens is 284 g/mol. The van der Waals surface area contributed by atoms with E-state index in [1.807, 2.05) is 27.0 Å². The van der Waals surface area contributed by atoms with Crippen LogP contribution in [0.1, 0.15) is 49.3 Å². The lowest BCUT2D eigenvalue weighted by molar-refractivity contribution is 0.573. The number of unbranched alkanes of at least 4 members (excludes halogenated alkanes) is 3. The maximum atomic E-state index is 12.4.